The minimum atomic E-state index is 0.542. The van der Waals surface area contributed by atoms with E-state index in [1.54, 1.807) is 48.9 Å². The summed E-state index contributed by atoms with van der Waals surface area (Å²) in [5.41, 5.74) is 2.99. The SMILES string of the molecule is COc1ccc(-c2nc(CSc3nnc(-c4cccnc4)n3Cc3ccco3)cs2)cc1. The maximum absolute atomic E-state index is 5.56. The van der Waals surface area contributed by atoms with Crippen molar-refractivity contribution in [1.29, 1.82) is 0 Å². The molecule has 0 radical (unpaired) electrons. The average Bonchev–Trinajstić information content (AvgIpc) is 3.60. The molecule has 0 aliphatic carbocycles. The van der Waals surface area contributed by atoms with E-state index in [0.717, 1.165) is 44.3 Å². The topological polar surface area (TPSA) is 78.9 Å². The minimum absolute atomic E-state index is 0.542. The number of hydrogen-bond acceptors (Lipinski definition) is 8. The highest BCUT2D eigenvalue weighted by Crippen LogP contribution is 2.30. The number of rotatable bonds is 8. The van der Waals surface area contributed by atoms with E-state index >= 15 is 0 Å². The van der Waals surface area contributed by atoms with Crippen molar-refractivity contribution in [3.8, 4) is 27.7 Å². The van der Waals surface area contributed by atoms with E-state index in [0.29, 0.717) is 12.3 Å². The summed E-state index contributed by atoms with van der Waals surface area (Å²) in [6.45, 7) is 0.542. The van der Waals surface area contributed by atoms with Crippen LogP contribution in [0.2, 0.25) is 0 Å². The van der Waals surface area contributed by atoms with Crippen LogP contribution in [0.25, 0.3) is 22.0 Å². The van der Waals surface area contributed by atoms with Gasteiger partial charge in [-0.2, -0.15) is 0 Å². The molecule has 0 N–H and O–H groups in total. The summed E-state index contributed by atoms with van der Waals surface area (Å²) in [6.07, 6.45) is 5.21. The molecule has 0 fully saturated rings. The summed E-state index contributed by atoms with van der Waals surface area (Å²) in [5, 5.41) is 12.7. The molecule has 0 saturated carbocycles. The number of nitrogens with zero attached hydrogens (tertiary/aromatic N) is 5. The van der Waals surface area contributed by atoms with Crippen molar-refractivity contribution in [1.82, 2.24) is 24.7 Å². The van der Waals surface area contributed by atoms with Crippen LogP contribution in [0.5, 0.6) is 5.75 Å². The number of methoxy groups -OCH3 is 1. The smallest absolute Gasteiger partial charge is 0.192 e. The Balaban J connectivity index is 1.36. The van der Waals surface area contributed by atoms with E-state index in [4.69, 9.17) is 14.1 Å². The maximum atomic E-state index is 5.56. The molecule has 160 valence electrons. The maximum Gasteiger partial charge on any atom is 0.192 e. The van der Waals surface area contributed by atoms with Gasteiger partial charge in [-0.15, -0.1) is 21.5 Å². The Labute approximate surface area is 193 Å². The van der Waals surface area contributed by atoms with Crippen LogP contribution >= 0.6 is 23.1 Å². The van der Waals surface area contributed by atoms with Gasteiger partial charge in [0.05, 0.1) is 25.6 Å². The lowest BCUT2D eigenvalue weighted by atomic mass is 10.2. The molecule has 0 saturated heterocycles. The molecule has 0 bridgehead atoms. The van der Waals surface area contributed by atoms with Crippen molar-refractivity contribution in [3.63, 3.8) is 0 Å². The van der Waals surface area contributed by atoms with Gasteiger partial charge in [-0.1, -0.05) is 11.8 Å². The Morgan fingerprint density at radius 3 is 2.72 bits per heavy atom. The number of benzene rings is 1. The second-order valence-electron chi connectivity index (χ2n) is 6.87. The monoisotopic (exact) mass is 461 g/mol. The van der Waals surface area contributed by atoms with Gasteiger partial charge < -0.3 is 9.15 Å². The summed E-state index contributed by atoms with van der Waals surface area (Å²) < 4.78 is 12.9. The van der Waals surface area contributed by atoms with Gasteiger partial charge in [0.15, 0.2) is 11.0 Å². The molecule has 5 rings (SSSR count). The van der Waals surface area contributed by atoms with Crippen LogP contribution in [-0.4, -0.2) is 31.8 Å². The largest absolute Gasteiger partial charge is 0.497 e. The Kier molecular flexibility index (Phi) is 6.00. The second kappa shape index (κ2) is 9.37. The number of ether oxygens (including phenoxy) is 1. The highest BCUT2D eigenvalue weighted by molar-refractivity contribution is 7.98. The highest BCUT2D eigenvalue weighted by atomic mass is 32.2. The van der Waals surface area contributed by atoms with Gasteiger partial charge in [-0.05, 0) is 48.5 Å². The molecular formula is C23H19N5O2S2. The number of pyridine rings is 1. The number of hydrogen-bond donors (Lipinski definition) is 0. The summed E-state index contributed by atoms with van der Waals surface area (Å²) in [6, 6.07) is 15.6. The zero-order valence-electron chi connectivity index (χ0n) is 17.2. The van der Waals surface area contributed by atoms with Crippen LogP contribution < -0.4 is 4.74 Å². The third kappa shape index (κ3) is 4.44. The average molecular weight is 462 g/mol. The van der Waals surface area contributed by atoms with Crippen LogP contribution in [0, 0.1) is 0 Å². The normalized spacial score (nSPS) is 11.0. The minimum Gasteiger partial charge on any atom is -0.497 e. The number of thioether (sulfide) groups is 1. The molecule has 0 aliphatic heterocycles. The van der Waals surface area contributed by atoms with Gasteiger partial charge >= 0.3 is 0 Å². The fraction of sp³-hybridized carbons (Fsp3) is 0.130. The van der Waals surface area contributed by atoms with E-state index in [1.165, 1.54) is 0 Å². The molecular weight excluding hydrogens is 442 g/mol. The molecule has 4 aromatic heterocycles. The third-order valence-electron chi connectivity index (χ3n) is 4.77. The van der Waals surface area contributed by atoms with Gasteiger partial charge in [0.2, 0.25) is 0 Å². The van der Waals surface area contributed by atoms with Crippen molar-refractivity contribution in [2.75, 3.05) is 7.11 Å². The Hall–Kier alpha value is -3.43. The first-order valence-electron chi connectivity index (χ1n) is 9.88. The van der Waals surface area contributed by atoms with Crippen LogP contribution in [0.15, 0.2) is 82.1 Å². The quantitative estimate of drug-likeness (QED) is 0.286. The first-order chi connectivity index (χ1) is 15.8. The highest BCUT2D eigenvalue weighted by Gasteiger charge is 2.17. The Morgan fingerprint density at radius 1 is 1.06 bits per heavy atom. The van der Waals surface area contributed by atoms with Crippen LogP contribution in [-0.2, 0) is 12.3 Å². The molecule has 0 atom stereocenters. The van der Waals surface area contributed by atoms with E-state index < -0.39 is 0 Å². The Bertz CT molecular complexity index is 1280. The molecule has 7 nitrogen and oxygen atoms in total. The van der Waals surface area contributed by atoms with Gasteiger partial charge in [-0.3, -0.25) is 9.55 Å². The summed E-state index contributed by atoms with van der Waals surface area (Å²) in [7, 11) is 1.66. The predicted octanol–water partition coefficient (Wildman–Crippen LogP) is 5.41. The molecule has 0 amide bonds. The van der Waals surface area contributed by atoms with Gasteiger partial charge in [-0.25, -0.2) is 4.98 Å². The fourth-order valence-corrected chi connectivity index (χ4v) is 4.94. The molecule has 0 unspecified atom stereocenters. The second-order valence-corrected chi connectivity index (χ2v) is 8.68. The molecule has 0 spiro atoms. The lowest BCUT2D eigenvalue weighted by Gasteiger charge is -2.08. The van der Waals surface area contributed by atoms with Crippen molar-refractivity contribution in [2.45, 2.75) is 17.5 Å². The standard InChI is InChI=1S/C23H19N5O2S2/c1-29-19-8-6-16(7-9-19)22-25-18(14-31-22)15-32-23-27-26-21(17-4-2-10-24-12-17)28(23)13-20-5-3-11-30-20/h2-12,14H,13,15H2,1H3. The van der Waals surface area contributed by atoms with Crippen LogP contribution in [0.3, 0.4) is 0 Å². The van der Waals surface area contributed by atoms with Crippen molar-refractivity contribution >= 4 is 23.1 Å². The predicted molar refractivity (Wildman–Crippen MR) is 125 cm³/mol. The number of aromatic nitrogens is 5. The summed E-state index contributed by atoms with van der Waals surface area (Å²) >= 11 is 3.23. The van der Waals surface area contributed by atoms with E-state index in [9.17, 15) is 0 Å². The van der Waals surface area contributed by atoms with E-state index in [1.807, 2.05) is 48.5 Å². The van der Waals surface area contributed by atoms with Gasteiger partial charge in [0.1, 0.15) is 16.5 Å². The van der Waals surface area contributed by atoms with Crippen LogP contribution in [0.1, 0.15) is 11.5 Å². The summed E-state index contributed by atoms with van der Waals surface area (Å²) in [5.74, 6) is 3.12. The van der Waals surface area contributed by atoms with Crippen molar-refractivity contribution in [3.05, 3.63) is 84.0 Å². The number of furan rings is 1. The lowest BCUT2D eigenvalue weighted by molar-refractivity contribution is 0.415. The fourth-order valence-electron chi connectivity index (χ4n) is 3.18. The molecule has 5 aromatic rings. The van der Waals surface area contributed by atoms with Crippen molar-refractivity contribution < 1.29 is 9.15 Å². The number of thiazole rings is 1. The summed E-state index contributed by atoms with van der Waals surface area (Å²) in [4.78, 5) is 9.01. The Morgan fingerprint density at radius 2 is 1.97 bits per heavy atom. The lowest BCUT2D eigenvalue weighted by Crippen LogP contribution is -2.03. The first kappa shape index (κ1) is 20.5. The molecule has 32 heavy (non-hydrogen) atoms. The molecule has 1 aromatic carbocycles. The van der Waals surface area contributed by atoms with Crippen molar-refractivity contribution in [2.24, 2.45) is 0 Å². The molecule has 4 heterocycles. The molecule has 0 aliphatic rings. The third-order valence-corrected chi connectivity index (χ3v) is 6.71. The van der Waals surface area contributed by atoms with Gasteiger partial charge in [0.25, 0.3) is 0 Å². The van der Waals surface area contributed by atoms with E-state index in [2.05, 4.69) is 25.1 Å². The van der Waals surface area contributed by atoms with Crippen LogP contribution in [0.4, 0.5) is 0 Å². The zero-order chi connectivity index (χ0) is 21.8. The zero-order valence-corrected chi connectivity index (χ0v) is 18.8. The molecule has 9 heteroatoms. The van der Waals surface area contributed by atoms with E-state index in [-0.39, 0.29) is 0 Å². The first-order valence-corrected chi connectivity index (χ1v) is 11.7. The van der Waals surface area contributed by atoms with Gasteiger partial charge in [0, 0.05) is 34.7 Å².